The van der Waals surface area contributed by atoms with Gasteiger partial charge < -0.3 is 4.90 Å². The first-order valence-electron chi connectivity index (χ1n) is 7.70. The topological polar surface area (TPSA) is 101 Å². The largest absolute Gasteiger partial charge is 0.353 e. The van der Waals surface area contributed by atoms with Crippen molar-refractivity contribution in [2.75, 3.05) is 37.3 Å². The molecule has 0 atom stereocenters. The van der Waals surface area contributed by atoms with Gasteiger partial charge in [0.05, 0.1) is 11.1 Å². The highest BCUT2D eigenvalue weighted by Crippen LogP contribution is 2.24. The first kappa shape index (κ1) is 18.7. The molecule has 0 unspecified atom stereocenters. The summed E-state index contributed by atoms with van der Waals surface area (Å²) in [6, 6.07) is 2.81. The van der Waals surface area contributed by atoms with Crippen LogP contribution >= 0.6 is 0 Å². The summed E-state index contributed by atoms with van der Waals surface area (Å²) in [6.07, 6.45) is 5.55. The quantitative estimate of drug-likeness (QED) is 0.738. The van der Waals surface area contributed by atoms with Crippen molar-refractivity contribution >= 4 is 25.7 Å². The maximum atomic E-state index is 13.7. The molecule has 11 heteroatoms. The first-order valence-corrected chi connectivity index (χ1v) is 11.0. The zero-order valence-corrected chi connectivity index (χ0v) is 15.5. The Morgan fingerprint density at radius 2 is 1.73 bits per heavy atom. The van der Waals surface area contributed by atoms with E-state index in [-0.39, 0.29) is 18.0 Å². The van der Waals surface area contributed by atoms with Crippen molar-refractivity contribution in [3.05, 3.63) is 42.6 Å². The summed E-state index contributed by atoms with van der Waals surface area (Å²) in [7, 11) is -7.80. The molecule has 0 N–H and O–H groups in total. The second-order valence-electron chi connectivity index (χ2n) is 5.82. The molecule has 8 nitrogen and oxygen atoms in total. The number of aromatic nitrogens is 2. The minimum atomic E-state index is -3.93. The number of rotatable bonds is 4. The number of sulfone groups is 1. The maximum Gasteiger partial charge on any atom is 0.243 e. The van der Waals surface area contributed by atoms with E-state index in [1.54, 1.807) is 18.6 Å². The number of hydrogen-bond donors (Lipinski definition) is 0. The molecule has 140 valence electrons. The zero-order valence-electron chi connectivity index (χ0n) is 13.9. The molecule has 1 fully saturated rings. The van der Waals surface area contributed by atoms with Crippen LogP contribution in [0.1, 0.15) is 0 Å². The van der Waals surface area contributed by atoms with E-state index in [4.69, 9.17) is 0 Å². The summed E-state index contributed by atoms with van der Waals surface area (Å²) in [4.78, 5) is 9.21. The Bertz CT molecular complexity index is 1010. The first-order chi connectivity index (χ1) is 12.2. The lowest BCUT2D eigenvalue weighted by molar-refractivity contribution is 0.383. The third-order valence-corrected chi connectivity index (χ3v) is 7.06. The van der Waals surface area contributed by atoms with Crippen molar-refractivity contribution in [1.29, 1.82) is 0 Å². The Hall–Kier alpha value is -2.11. The highest BCUT2D eigenvalue weighted by Gasteiger charge is 2.30. The van der Waals surface area contributed by atoms with Crippen molar-refractivity contribution in [2.45, 2.75) is 9.79 Å². The lowest BCUT2D eigenvalue weighted by Gasteiger charge is -2.34. The normalized spacial score (nSPS) is 16.6. The second kappa shape index (κ2) is 6.89. The van der Waals surface area contributed by atoms with Crippen LogP contribution in [-0.2, 0) is 19.9 Å². The molecule has 0 saturated carbocycles. The van der Waals surface area contributed by atoms with E-state index in [9.17, 15) is 21.2 Å². The van der Waals surface area contributed by atoms with Crippen LogP contribution in [0.25, 0.3) is 0 Å². The van der Waals surface area contributed by atoms with E-state index in [0.717, 1.165) is 24.5 Å². The van der Waals surface area contributed by atoms with Crippen LogP contribution in [0.2, 0.25) is 0 Å². The fourth-order valence-corrected chi connectivity index (χ4v) is 4.98. The minimum Gasteiger partial charge on any atom is -0.353 e. The van der Waals surface area contributed by atoms with E-state index in [2.05, 4.69) is 9.97 Å². The van der Waals surface area contributed by atoms with Gasteiger partial charge in [-0.2, -0.15) is 4.31 Å². The Kier molecular flexibility index (Phi) is 4.95. The fraction of sp³-hybridized carbons (Fsp3) is 0.333. The van der Waals surface area contributed by atoms with Crippen LogP contribution in [0.5, 0.6) is 0 Å². The smallest absolute Gasteiger partial charge is 0.243 e. The summed E-state index contributed by atoms with van der Waals surface area (Å²) in [6.45, 7) is 1.23. The van der Waals surface area contributed by atoms with Gasteiger partial charge in [-0.25, -0.2) is 26.2 Å². The van der Waals surface area contributed by atoms with Gasteiger partial charge in [0.25, 0.3) is 0 Å². The van der Waals surface area contributed by atoms with Crippen LogP contribution in [0.4, 0.5) is 10.2 Å². The average Bonchev–Trinajstić information content (AvgIpc) is 2.62. The molecule has 1 saturated heterocycles. The molecule has 0 bridgehead atoms. The van der Waals surface area contributed by atoms with E-state index in [1.807, 2.05) is 4.90 Å². The van der Waals surface area contributed by atoms with Crippen LogP contribution in [-0.4, -0.2) is 63.5 Å². The van der Waals surface area contributed by atoms with Crippen LogP contribution < -0.4 is 4.90 Å². The monoisotopic (exact) mass is 400 g/mol. The molecule has 1 aromatic carbocycles. The van der Waals surface area contributed by atoms with Crippen molar-refractivity contribution in [3.63, 3.8) is 0 Å². The van der Waals surface area contributed by atoms with Gasteiger partial charge in [-0.05, 0) is 18.2 Å². The number of halogens is 1. The summed E-state index contributed by atoms with van der Waals surface area (Å²) < 4.78 is 63.8. The van der Waals surface area contributed by atoms with Gasteiger partial charge in [0, 0.05) is 44.8 Å². The van der Waals surface area contributed by atoms with Gasteiger partial charge in [0.2, 0.25) is 10.0 Å². The molecular weight excluding hydrogens is 383 g/mol. The SMILES string of the molecule is CS(=O)(=O)c1cc(S(=O)(=O)N2CCN(c3cnccn3)CC2)ccc1F. The predicted molar refractivity (Wildman–Crippen MR) is 92.5 cm³/mol. The molecule has 0 aliphatic carbocycles. The molecule has 0 radical (unpaired) electrons. The van der Waals surface area contributed by atoms with Crippen molar-refractivity contribution in [2.24, 2.45) is 0 Å². The number of nitrogens with zero attached hydrogens (tertiary/aromatic N) is 4. The van der Waals surface area contributed by atoms with Gasteiger partial charge in [0.1, 0.15) is 16.5 Å². The predicted octanol–water partition coefficient (Wildman–Crippen LogP) is 0.530. The Balaban J connectivity index is 1.82. The van der Waals surface area contributed by atoms with Crippen LogP contribution in [0.15, 0.2) is 46.6 Å². The highest BCUT2D eigenvalue weighted by molar-refractivity contribution is 7.91. The van der Waals surface area contributed by atoms with Crippen molar-refractivity contribution in [1.82, 2.24) is 14.3 Å². The number of piperazine rings is 1. The maximum absolute atomic E-state index is 13.7. The van der Waals surface area contributed by atoms with Crippen LogP contribution in [0, 0.1) is 5.82 Å². The summed E-state index contributed by atoms with van der Waals surface area (Å²) in [5.74, 6) is -0.315. The van der Waals surface area contributed by atoms with Gasteiger partial charge in [-0.15, -0.1) is 0 Å². The molecule has 1 aromatic heterocycles. The van der Waals surface area contributed by atoms with Crippen LogP contribution in [0.3, 0.4) is 0 Å². The zero-order chi connectivity index (χ0) is 18.9. The molecule has 0 spiro atoms. The third kappa shape index (κ3) is 3.69. The number of anilines is 1. The van der Waals surface area contributed by atoms with Crippen molar-refractivity contribution < 1.29 is 21.2 Å². The van der Waals surface area contributed by atoms with E-state index < -0.39 is 30.6 Å². The Morgan fingerprint density at radius 3 is 2.31 bits per heavy atom. The summed E-state index contributed by atoms with van der Waals surface area (Å²) >= 11 is 0. The lowest BCUT2D eigenvalue weighted by Crippen LogP contribution is -2.49. The van der Waals surface area contributed by atoms with Gasteiger partial charge in [-0.3, -0.25) is 4.98 Å². The van der Waals surface area contributed by atoms with Gasteiger partial charge >= 0.3 is 0 Å². The molecule has 1 aliphatic heterocycles. The molecule has 26 heavy (non-hydrogen) atoms. The van der Waals surface area contributed by atoms with E-state index in [0.29, 0.717) is 18.9 Å². The number of hydrogen-bond acceptors (Lipinski definition) is 7. The fourth-order valence-electron chi connectivity index (χ4n) is 2.69. The van der Waals surface area contributed by atoms with Crippen molar-refractivity contribution in [3.8, 4) is 0 Å². The Morgan fingerprint density at radius 1 is 1.04 bits per heavy atom. The number of sulfonamides is 1. The molecule has 2 aromatic rings. The number of benzene rings is 1. The van der Waals surface area contributed by atoms with E-state index in [1.165, 1.54) is 4.31 Å². The molecule has 3 rings (SSSR count). The third-order valence-electron chi connectivity index (χ3n) is 4.05. The molecular formula is C15H17FN4O4S2. The Labute approximate surface area is 151 Å². The highest BCUT2D eigenvalue weighted by atomic mass is 32.2. The molecule has 1 aliphatic rings. The van der Waals surface area contributed by atoms with Gasteiger partial charge in [-0.1, -0.05) is 0 Å². The molecule has 0 amide bonds. The minimum absolute atomic E-state index is 0.199. The standard InChI is InChI=1S/C15H17FN4O4S2/c1-25(21,22)14-10-12(2-3-13(14)16)26(23,24)20-8-6-19(7-9-20)15-11-17-4-5-18-15/h2-5,10-11H,6-9H2,1H3. The van der Waals surface area contributed by atoms with Gasteiger partial charge in [0.15, 0.2) is 9.84 Å². The molecule has 2 heterocycles. The second-order valence-corrected chi connectivity index (χ2v) is 9.74. The van der Waals surface area contributed by atoms with E-state index >= 15 is 0 Å². The lowest BCUT2D eigenvalue weighted by atomic mass is 10.3. The average molecular weight is 400 g/mol. The summed E-state index contributed by atoms with van der Waals surface area (Å²) in [5, 5.41) is 0. The summed E-state index contributed by atoms with van der Waals surface area (Å²) in [5.41, 5.74) is 0.